The molecular weight excluding hydrogens is 170 g/mol. The second-order valence-electron chi connectivity index (χ2n) is 3.01. The van der Waals surface area contributed by atoms with Crippen molar-refractivity contribution in [1.82, 2.24) is 5.32 Å². The predicted octanol–water partition coefficient (Wildman–Crippen LogP) is 2.31. The molecule has 66 valence electrons. The van der Waals surface area contributed by atoms with Gasteiger partial charge in [-0.15, -0.1) is 11.8 Å². The van der Waals surface area contributed by atoms with Crippen LogP contribution in [-0.2, 0) is 0 Å². The van der Waals surface area contributed by atoms with Gasteiger partial charge < -0.3 is 4.42 Å². The maximum atomic E-state index is 5.54. The maximum absolute atomic E-state index is 5.54. The predicted molar refractivity (Wildman–Crippen MR) is 51.3 cm³/mol. The van der Waals surface area contributed by atoms with Crippen molar-refractivity contribution < 1.29 is 4.42 Å². The molecule has 2 rings (SSSR count). The highest BCUT2D eigenvalue weighted by Gasteiger charge is 2.17. The van der Waals surface area contributed by atoms with Gasteiger partial charge in [0.25, 0.3) is 0 Å². The van der Waals surface area contributed by atoms with Crippen LogP contribution < -0.4 is 5.32 Å². The van der Waals surface area contributed by atoms with Gasteiger partial charge in [-0.2, -0.15) is 0 Å². The van der Waals surface area contributed by atoms with E-state index in [2.05, 4.69) is 11.4 Å². The highest BCUT2D eigenvalue weighted by Crippen LogP contribution is 2.30. The van der Waals surface area contributed by atoms with Gasteiger partial charge in [-0.1, -0.05) is 0 Å². The van der Waals surface area contributed by atoms with E-state index in [1.54, 1.807) is 0 Å². The summed E-state index contributed by atoms with van der Waals surface area (Å²) in [5, 5.41) is 3.80. The van der Waals surface area contributed by atoms with Crippen molar-refractivity contribution in [2.24, 2.45) is 0 Å². The summed E-state index contributed by atoms with van der Waals surface area (Å²) in [4.78, 5) is 0. The van der Waals surface area contributed by atoms with Gasteiger partial charge >= 0.3 is 0 Å². The summed E-state index contributed by atoms with van der Waals surface area (Å²) in [6.07, 6.45) is 1.26. The van der Waals surface area contributed by atoms with Crippen molar-refractivity contribution in [3.05, 3.63) is 23.7 Å². The largest absolute Gasteiger partial charge is 0.464 e. The Kier molecular flexibility index (Phi) is 2.42. The summed E-state index contributed by atoms with van der Waals surface area (Å²) in [6.45, 7) is 3.09. The molecule has 0 amide bonds. The Morgan fingerprint density at radius 3 is 3.08 bits per heavy atom. The Hall–Kier alpha value is -0.410. The molecular formula is C9H13NOS. The van der Waals surface area contributed by atoms with Gasteiger partial charge in [0.2, 0.25) is 0 Å². The third-order valence-electron chi connectivity index (χ3n) is 1.95. The first-order chi connectivity index (χ1) is 5.86. The number of hydrogen-bond acceptors (Lipinski definition) is 3. The van der Waals surface area contributed by atoms with E-state index in [0.717, 1.165) is 18.1 Å². The second-order valence-corrected chi connectivity index (χ2v) is 4.22. The van der Waals surface area contributed by atoms with Gasteiger partial charge in [-0.05, 0) is 37.8 Å². The van der Waals surface area contributed by atoms with Gasteiger partial charge in [-0.25, -0.2) is 0 Å². The average Bonchev–Trinajstić information content (AvgIpc) is 2.54. The molecule has 12 heavy (non-hydrogen) atoms. The SMILES string of the molecule is Cc1ccc(C2NCCCS2)o1. The summed E-state index contributed by atoms with van der Waals surface area (Å²) >= 11 is 1.92. The van der Waals surface area contributed by atoms with Gasteiger partial charge in [0.15, 0.2) is 0 Å². The van der Waals surface area contributed by atoms with E-state index in [1.807, 2.05) is 24.8 Å². The van der Waals surface area contributed by atoms with Crippen LogP contribution >= 0.6 is 11.8 Å². The Morgan fingerprint density at radius 1 is 1.58 bits per heavy atom. The molecule has 1 saturated heterocycles. The highest BCUT2D eigenvalue weighted by molar-refractivity contribution is 7.99. The molecule has 1 unspecified atom stereocenters. The number of aryl methyl sites for hydroxylation is 1. The van der Waals surface area contributed by atoms with Crippen LogP contribution in [0, 0.1) is 6.92 Å². The smallest absolute Gasteiger partial charge is 0.131 e. The molecule has 0 bridgehead atoms. The molecule has 3 heteroatoms. The quantitative estimate of drug-likeness (QED) is 0.723. The lowest BCUT2D eigenvalue weighted by Crippen LogP contribution is -2.24. The van der Waals surface area contributed by atoms with E-state index in [0.29, 0.717) is 5.37 Å². The fourth-order valence-electron chi connectivity index (χ4n) is 1.34. The van der Waals surface area contributed by atoms with E-state index in [4.69, 9.17) is 4.42 Å². The van der Waals surface area contributed by atoms with Crippen LogP contribution in [0.2, 0.25) is 0 Å². The molecule has 2 heterocycles. The van der Waals surface area contributed by atoms with Gasteiger partial charge in [0, 0.05) is 0 Å². The monoisotopic (exact) mass is 183 g/mol. The third-order valence-corrected chi connectivity index (χ3v) is 3.21. The van der Waals surface area contributed by atoms with Crippen molar-refractivity contribution in [2.75, 3.05) is 12.3 Å². The van der Waals surface area contributed by atoms with E-state index in [9.17, 15) is 0 Å². The minimum Gasteiger partial charge on any atom is -0.464 e. The third kappa shape index (κ3) is 1.67. The molecule has 0 aromatic carbocycles. The van der Waals surface area contributed by atoms with Crippen LogP contribution in [0.3, 0.4) is 0 Å². The maximum Gasteiger partial charge on any atom is 0.131 e. The van der Waals surface area contributed by atoms with Crippen LogP contribution in [0.4, 0.5) is 0 Å². The van der Waals surface area contributed by atoms with Gasteiger partial charge in [-0.3, -0.25) is 5.32 Å². The number of thioether (sulfide) groups is 1. The molecule has 1 aliphatic rings. The molecule has 0 aliphatic carbocycles. The van der Waals surface area contributed by atoms with E-state index >= 15 is 0 Å². The van der Waals surface area contributed by atoms with Crippen LogP contribution in [0.1, 0.15) is 23.3 Å². The fourth-order valence-corrected chi connectivity index (χ4v) is 2.42. The minimum atomic E-state index is 0.382. The van der Waals surface area contributed by atoms with Crippen molar-refractivity contribution in [2.45, 2.75) is 18.7 Å². The van der Waals surface area contributed by atoms with Gasteiger partial charge in [0.1, 0.15) is 16.9 Å². The van der Waals surface area contributed by atoms with E-state index < -0.39 is 0 Å². The number of nitrogens with one attached hydrogen (secondary N) is 1. The Balaban J connectivity index is 2.08. The molecule has 1 aliphatic heterocycles. The molecule has 1 aromatic heterocycles. The molecule has 1 aromatic rings. The number of rotatable bonds is 1. The average molecular weight is 183 g/mol. The zero-order chi connectivity index (χ0) is 8.39. The molecule has 0 radical (unpaired) electrons. The molecule has 1 N–H and O–H groups in total. The molecule has 2 nitrogen and oxygen atoms in total. The van der Waals surface area contributed by atoms with Crippen molar-refractivity contribution in [3.63, 3.8) is 0 Å². The molecule has 0 spiro atoms. The molecule has 0 saturated carbocycles. The summed E-state index contributed by atoms with van der Waals surface area (Å²) in [7, 11) is 0. The fraction of sp³-hybridized carbons (Fsp3) is 0.556. The molecule has 1 fully saturated rings. The zero-order valence-corrected chi connectivity index (χ0v) is 7.99. The normalized spacial score (nSPS) is 24.2. The highest BCUT2D eigenvalue weighted by atomic mass is 32.2. The van der Waals surface area contributed by atoms with Gasteiger partial charge in [0.05, 0.1) is 0 Å². The molecule has 1 atom stereocenters. The lowest BCUT2D eigenvalue weighted by molar-refractivity contribution is 0.453. The summed E-state index contributed by atoms with van der Waals surface area (Å²) < 4.78 is 5.54. The Labute approximate surface area is 76.7 Å². The van der Waals surface area contributed by atoms with Crippen LogP contribution in [-0.4, -0.2) is 12.3 Å². The summed E-state index contributed by atoms with van der Waals surface area (Å²) in [6, 6.07) is 4.08. The van der Waals surface area contributed by atoms with Crippen molar-refractivity contribution in [3.8, 4) is 0 Å². The van der Waals surface area contributed by atoms with Crippen molar-refractivity contribution in [1.29, 1.82) is 0 Å². The minimum absolute atomic E-state index is 0.382. The van der Waals surface area contributed by atoms with Crippen LogP contribution in [0.25, 0.3) is 0 Å². The lowest BCUT2D eigenvalue weighted by atomic mass is 10.4. The van der Waals surface area contributed by atoms with Crippen LogP contribution in [0.5, 0.6) is 0 Å². The standard InChI is InChI=1S/C9H13NOS/c1-7-3-4-8(11-7)9-10-5-2-6-12-9/h3-4,9-10H,2,5-6H2,1H3. The first-order valence-electron chi connectivity index (χ1n) is 4.27. The zero-order valence-electron chi connectivity index (χ0n) is 7.17. The number of furan rings is 1. The van der Waals surface area contributed by atoms with E-state index in [-0.39, 0.29) is 0 Å². The first-order valence-corrected chi connectivity index (χ1v) is 5.32. The summed E-state index contributed by atoms with van der Waals surface area (Å²) in [5.41, 5.74) is 0. The van der Waals surface area contributed by atoms with E-state index in [1.165, 1.54) is 12.2 Å². The summed E-state index contributed by atoms with van der Waals surface area (Å²) in [5.74, 6) is 3.30. The van der Waals surface area contributed by atoms with Crippen molar-refractivity contribution >= 4 is 11.8 Å². The lowest BCUT2D eigenvalue weighted by Gasteiger charge is -2.20. The Bertz CT molecular complexity index is 253. The topological polar surface area (TPSA) is 25.2 Å². The first kappa shape index (κ1) is 8.20. The Morgan fingerprint density at radius 2 is 2.50 bits per heavy atom. The number of hydrogen-bond donors (Lipinski definition) is 1. The van der Waals surface area contributed by atoms with Crippen LogP contribution in [0.15, 0.2) is 16.5 Å². The second kappa shape index (κ2) is 3.54.